The number of benzene rings is 2. The molecule has 0 saturated carbocycles. The summed E-state index contributed by atoms with van der Waals surface area (Å²) in [4.78, 5) is 27.3. The van der Waals surface area contributed by atoms with Crippen LogP contribution in [0.4, 0.5) is 23.0 Å². The van der Waals surface area contributed by atoms with Gasteiger partial charge in [-0.1, -0.05) is 6.07 Å². The molecule has 1 N–H and O–H groups in total. The quantitative estimate of drug-likeness (QED) is 0.539. The third-order valence-corrected chi connectivity index (χ3v) is 4.31. The number of carbonyl (C=O) groups is 1. The summed E-state index contributed by atoms with van der Waals surface area (Å²) in [6, 6.07) is 21.4. The standard InChI is InChI=1S/C23H16N6O/c24-16-17-5-7-18(8-6-17)22(30)28-19-3-1-4-21(15-19)29(20-9-13-25-14-10-20)23-26-11-2-12-27-23/h1-15H,(H,28,30). The predicted octanol–water partition coefficient (Wildman–Crippen LogP) is 4.47. The van der Waals surface area contributed by atoms with Crippen molar-refractivity contribution in [3.05, 3.63) is 103 Å². The van der Waals surface area contributed by atoms with E-state index in [-0.39, 0.29) is 5.91 Å². The Morgan fingerprint density at radius 2 is 1.60 bits per heavy atom. The fraction of sp³-hybridized carbons (Fsp3) is 0. The Labute approximate surface area is 173 Å². The highest BCUT2D eigenvalue weighted by molar-refractivity contribution is 6.04. The topological polar surface area (TPSA) is 94.8 Å². The number of aromatic nitrogens is 3. The van der Waals surface area contributed by atoms with Crippen LogP contribution in [0.15, 0.2) is 91.5 Å². The van der Waals surface area contributed by atoms with Crippen LogP contribution in [0.1, 0.15) is 15.9 Å². The normalized spacial score (nSPS) is 10.1. The monoisotopic (exact) mass is 392 g/mol. The SMILES string of the molecule is N#Cc1ccc(C(=O)Nc2cccc(N(c3ccncc3)c3ncccn3)c2)cc1. The molecule has 0 aliphatic heterocycles. The van der Waals surface area contributed by atoms with Crippen LogP contribution in [-0.2, 0) is 0 Å². The molecule has 144 valence electrons. The smallest absolute Gasteiger partial charge is 0.255 e. The first-order valence-corrected chi connectivity index (χ1v) is 9.13. The predicted molar refractivity (Wildman–Crippen MR) is 114 cm³/mol. The van der Waals surface area contributed by atoms with Gasteiger partial charge >= 0.3 is 0 Å². The van der Waals surface area contributed by atoms with E-state index in [1.165, 1.54) is 0 Å². The van der Waals surface area contributed by atoms with Crippen LogP contribution in [-0.4, -0.2) is 20.9 Å². The fourth-order valence-corrected chi connectivity index (χ4v) is 2.90. The molecule has 1 amide bonds. The summed E-state index contributed by atoms with van der Waals surface area (Å²) in [6.45, 7) is 0. The van der Waals surface area contributed by atoms with Crippen molar-refractivity contribution in [2.75, 3.05) is 10.2 Å². The minimum atomic E-state index is -0.261. The zero-order chi connectivity index (χ0) is 20.8. The molecule has 4 aromatic rings. The highest BCUT2D eigenvalue weighted by atomic mass is 16.1. The molecule has 7 heteroatoms. The molecule has 0 bridgehead atoms. The van der Waals surface area contributed by atoms with Crippen molar-refractivity contribution in [1.29, 1.82) is 5.26 Å². The number of anilines is 4. The largest absolute Gasteiger partial charge is 0.322 e. The van der Waals surface area contributed by atoms with E-state index in [4.69, 9.17) is 5.26 Å². The van der Waals surface area contributed by atoms with Gasteiger partial charge in [0.05, 0.1) is 23.0 Å². The van der Waals surface area contributed by atoms with Crippen molar-refractivity contribution < 1.29 is 4.79 Å². The van der Waals surface area contributed by atoms with Crippen LogP contribution in [0.25, 0.3) is 0 Å². The van der Waals surface area contributed by atoms with Gasteiger partial charge in [0.15, 0.2) is 0 Å². The van der Waals surface area contributed by atoms with Crippen molar-refractivity contribution in [2.24, 2.45) is 0 Å². The number of pyridine rings is 1. The highest BCUT2D eigenvalue weighted by Crippen LogP contribution is 2.32. The zero-order valence-electron chi connectivity index (χ0n) is 15.8. The van der Waals surface area contributed by atoms with Gasteiger partial charge in [-0.05, 0) is 60.7 Å². The number of carbonyl (C=O) groups excluding carboxylic acids is 1. The van der Waals surface area contributed by atoms with Gasteiger partial charge in [-0.25, -0.2) is 9.97 Å². The molecule has 7 nitrogen and oxygen atoms in total. The summed E-state index contributed by atoms with van der Waals surface area (Å²) in [6.07, 6.45) is 6.74. The molecule has 0 spiro atoms. The number of hydrogen-bond acceptors (Lipinski definition) is 6. The molecule has 0 unspecified atom stereocenters. The van der Waals surface area contributed by atoms with Crippen LogP contribution in [0.5, 0.6) is 0 Å². The summed E-state index contributed by atoms with van der Waals surface area (Å²) >= 11 is 0. The average molecular weight is 392 g/mol. The number of nitriles is 1. The minimum Gasteiger partial charge on any atom is -0.322 e. The van der Waals surface area contributed by atoms with E-state index in [2.05, 4.69) is 20.3 Å². The fourth-order valence-electron chi connectivity index (χ4n) is 2.90. The van der Waals surface area contributed by atoms with E-state index >= 15 is 0 Å². The molecule has 2 aromatic carbocycles. The van der Waals surface area contributed by atoms with E-state index < -0.39 is 0 Å². The molecule has 4 rings (SSSR count). The van der Waals surface area contributed by atoms with Gasteiger partial charge in [0.2, 0.25) is 5.95 Å². The maximum Gasteiger partial charge on any atom is 0.255 e. The van der Waals surface area contributed by atoms with Crippen molar-refractivity contribution in [3.8, 4) is 6.07 Å². The van der Waals surface area contributed by atoms with Crippen LogP contribution in [0.2, 0.25) is 0 Å². The minimum absolute atomic E-state index is 0.261. The Balaban J connectivity index is 1.65. The van der Waals surface area contributed by atoms with Crippen molar-refractivity contribution in [1.82, 2.24) is 15.0 Å². The molecular weight excluding hydrogens is 376 g/mol. The first kappa shape index (κ1) is 18.8. The van der Waals surface area contributed by atoms with Gasteiger partial charge in [0.1, 0.15) is 0 Å². The Hall–Kier alpha value is -4.57. The van der Waals surface area contributed by atoms with E-state index in [0.29, 0.717) is 22.8 Å². The van der Waals surface area contributed by atoms with Gasteiger partial charge in [-0.15, -0.1) is 0 Å². The summed E-state index contributed by atoms with van der Waals surface area (Å²) in [5, 5.41) is 11.8. The molecule has 0 atom stereocenters. The van der Waals surface area contributed by atoms with Gasteiger partial charge < -0.3 is 5.32 Å². The second-order valence-corrected chi connectivity index (χ2v) is 6.28. The van der Waals surface area contributed by atoms with Crippen LogP contribution < -0.4 is 10.2 Å². The number of amides is 1. The lowest BCUT2D eigenvalue weighted by atomic mass is 10.1. The molecule has 2 aromatic heterocycles. The van der Waals surface area contributed by atoms with Gasteiger partial charge in [-0.3, -0.25) is 14.7 Å². The summed E-state index contributed by atoms with van der Waals surface area (Å²) in [5.74, 6) is 0.238. The molecular formula is C23H16N6O. The molecule has 2 heterocycles. The molecule has 0 aliphatic carbocycles. The number of nitrogens with one attached hydrogen (secondary N) is 1. The third kappa shape index (κ3) is 4.13. The summed E-state index contributed by atoms with van der Waals surface area (Å²) in [5.41, 5.74) is 3.22. The second kappa shape index (κ2) is 8.63. The summed E-state index contributed by atoms with van der Waals surface area (Å²) < 4.78 is 0. The van der Waals surface area contributed by atoms with Gasteiger partial charge in [0.25, 0.3) is 5.91 Å². The average Bonchev–Trinajstić information content (AvgIpc) is 2.81. The van der Waals surface area contributed by atoms with Crippen LogP contribution in [0, 0.1) is 11.3 Å². The van der Waals surface area contributed by atoms with Crippen molar-refractivity contribution in [3.63, 3.8) is 0 Å². The van der Waals surface area contributed by atoms with Crippen LogP contribution >= 0.6 is 0 Å². The van der Waals surface area contributed by atoms with E-state index in [0.717, 1.165) is 11.4 Å². The molecule has 30 heavy (non-hydrogen) atoms. The first-order valence-electron chi connectivity index (χ1n) is 9.13. The van der Waals surface area contributed by atoms with E-state index in [9.17, 15) is 4.79 Å². The Morgan fingerprint density at radius 3 is 2.30 bits per heavy atom. The Morgan fingerprint density at radius 1 is 0.867 bits per heavy atom. The molecule has 0 saturated heterocycles. The van der Waals surface area contributed by atoms with E-state index in [1.807, 2.05) is 47.4 Å². The Bertz CT molecular complexity index is 1150. The maximum absolute atomic E-state index is 12.6. The second-order valence-electron chi connectivity index (χ2n) is 6.28. The lowest BCUT2D eigenvalue weighted by Gasteiger charge is -2.23. The molecule has 0 radical (unpaired) electrons. The molecule has 0 fully saturated rings. The first-order chi connectivity index (χ1) is 14.7. The van der Waals surface area contributed by atoms with E-state index in [1.54, 1.807) is 55.1 Å². The number of rotatable bonds is 5. The van der Waals surface area contributed by atoms with Crippen molar-refractivity contribution >= 4 is 28.9 Å². The summed E-state index contributed by atoms with van der Waals surface area (Å²) in [7, 11) is 0. The highest BCUT2D eigenvalue weighted by Gasteiger charge is 2.15. The van der Waals surface area contributed by atoms with Crippen molar-refractivity contribution in [2.45, 2.75) is 0 Å². The van der Waals surface area contributed by atoms with Crippen LogP contribution in [0.3, 0.4) is 0 Å². The third-order valence-electron chi connectivity index (χ3n) is 4.31. The number of hydrogen-bond donors (Lipinski definition) is 1. The van der Waals surface area contributed by atoms with Gasteiger partial charge in [-0.2, -0.15) is 5.26 Å². The zero-order valence-corrected chi connectivity index (χ0v) is 15.8. The lowest BCUT2D eigenvalue weighted by molar-refractivity contribution is 0.102. The molecule has 0 aliphatic rings. The lowest BCUT2D eigenvalue weighted by Crippen LogP contribution is -2.15. The Kier molecular flexibility index (Phi) is 5.40. The maximum atomic E-state index is 12.6. The number of nitrogens with zero attached hydrogens (tertiary/aromatic N) is 5. The van der Waals surface area contributed by atoms with Gasteiger partial charge in [0, 0.05) is 36.0 Å².